The lowest BCUT2D eigenvalue weighted by Crippen LogP contribution is -2.08. The molecule has 0 atom stereocenters. The number of anilines is 1. The second-order valence-corrected chi connectivity index (χ2v) is 4.93. The zero-order chi connectivity index (χ0) is 12.3. The molecule has 0 amide bonds. The SMILES string of the molecule is Cc1cc(NCCO)cc(S(=O)(=O)O)c1C. The molecule has 1 aromatic rings. The number of benzene rings is 1. The zero-order valence-corrected chi connectivity index (χ0v) is 10.0. The number of hydrogen-bond acceptors (Lipinski definition) is 4. The Labute approximate surface area is 94.9 Å². The predicted molar refractivity (Wildman–Crippen MR) is 61.3 cm³/mol. The van der Waals surface area contributed by atoms with E-state index in [2.05, 4.69) is 5.32 Å². The van der Waals surface area contributed by atoms with Crippen LogP contribution in [0.5, 0.6) is 0 Å². The topological polar surface area (TPSA) is 86.6 Å². The van der Waals surface area contributed by atoms with Gasteiger partial charge < -0.3 is 10.4 Å². The van der Waals surface area contributed by atoms with Crippen LogP contribution in [0.1, 0.15) is 11.1 Å². The molecule has 0 aliphatic carbocycles. The Hall–Kier alpha value is -1.11. The van der Waals surface area contributed by atoms with Crippen LogP contribution in [-0.2, 0) is 10.1 Å². The van der Waals surface area contributed by atoms with Crippen molar-refractivity contribution in [3.8, 4) is 0 Å². The highest BCUT2D eigenvalue weighted by atomic mass is 32.2. The van der Waals surface area contributed by atoms with Crippen molar-refractivity contribution in [1.82, 2.24) is 0 Å². The lowest BCUT2D eigenvalue weighted by atomic mass is 10.1. The summed E-state index contributed by atoms with van der Waals surface area (Å²) in [6.07, 6.45) is 0. The lowest BCUT2D eigenvalue weighted by molar-refractivity contribution is 0.311. The molecule has 0 saturated carbocycles. The summed E-state index contributed by atoms with van der Waals surface area (Å²) in [7, 11) is -4.21. The van der Waals surface area contributed by atoms with E-state index in [0.717, 1.165) is 5.56 Å². The third-order valence-corrected chi connectivity index (χ3v) is 3.32. The van der Waals surface area contributed by atoms with Crippen molar-refractivity contribution in [2.45, 2.75) is 18.7 Å². The van der Waals surface area contributed by atoms with E-state index >= 15 is 0 Å². The first kappa shape index (κ1) is 13.0. The van der Waals surface area contributed by atoms with E-state index in [4.69, 9.17) is 9.66 Å². The molecule has 0 heterocycles. The average Bonchev–Trinajstić information content (AvgIpc) is 2.17. The molecular weight excluding hydrogens is 230 g/mol. The Morgan fingerprint density at radius 2 is 1.94 bits per heavy atom. The Morgan fingerprint density at radius 3 is 2.44 bits per heavy atom. The van der Waals surface area contributed by atoms with Crippen LogP contribution in [0.2, 0.25) is 0 Å². The van der Waals surface area contributed by atoms with Crippen LogP contribution in [0.4, 0.5) is 5.69 Å². The van der Waals surface area contributed by atoms with Crippen LogP contribution in [0.3, 0.4) is 0 Å². The second kappa shape index (κ2) is 4.82. The van der Waals surface area contributed by atoms with Crippen LogP contribution in [0.15, 0.2) is 17.0 Å². The Morgan fingerprint density at radius 1 is 1.31 bits per heavy atom. The number of aryl methyl sites for hydroxylation is 1. The van der Waals surface area contributed by atoms with Gasteiger partial charge in [0.1, 0.15) is 0 Å². The summed E-state index contributed by atoms with van der Waals surface area (Å²) in [5.74, 6) is 0. The van der Waals surface area contributed by atoms with Gasteiger partial charge in [0, 0.05) is 12.2 Å². The fourth-order valence-corrected chi connectivity index (χ4v) is 2.22. The molecule has 0 aromatic heterocycles. The third kappa shape index (κ3) is 2.94. The van der Waals surface area contributed by atoms with E-state index in [-0.39, 0.29) is 11.5 Å². The van der Waals surface area contributed by atoms with Crippen molar-refractivity contribution in [2.24, 2.45) is 0 Å². The summed E-state index contributed by atoms with van der Waals surface area (Å²) in [5.41, 5.74) is 1.84. The highest BCUT2D eigenvalue weighted by Gasteiger charge is 2.15. The molecule has 5 nitrogen and oxygen atoms in total. The number of rotatable bonds is 4. The molecule has 0 spiro atoms. The lowest BCUT2D eigenvalue weighted by Gasteiger charge is -2.11. The Balaban J connectivity index is 3.23. The molecule has 0 aliphatic heterocycles. The fraction of sp³-hybridized carbons (Fsp3) is 0.400. The van der Waals surface area contributed by atoms with E-state index in [1.54, 1.807) is 19.9 Å². The number of aliphatic hydroxyl groups is 1. The summed E-state index contributed by atoms with van der Waals surface area (Å²) in [5, 5.41) is 11.5. The molecule has 0 bridgehead atoms. The molecule has 16 heavy (non-hydrogen) atoms. The first-order valence-electron chi connectivity index (χ1n) is 4.79. The van der Waals surface area contributed by atoms with Gasteiger partial charge in [0.05, 0.1) is 11.5 Å². The molecule has 0 unspecified atom stereocenters. The zero-order valence-electron chi connectivity index (χ0n) is 9.19. The van der Waals surface area contributed by atoms with Crippen molar-refractivity contribution >= 4 is 15.8 Å². The Bertz CT molecular complexity index is 482. The van der Waals surface area contributed by atoms with Crippen molar-refractivity contribution in [2.75, 3.05) is 18.5 Å². The first-order valence-corrected chi connectivity index (χ1v) is 6.23. The highest BCUT2D eigenvalue weighted by molar-refractivity contribution is 7.85. The fourth-order valence-electron chi connectivity index (χ4n) is 1.40. The van der Waals surface area contributed by atoms with Crippen LogP contribution in [0, 0.1) is 13.8 Å². The average molecular weight is 245 g/mol. The van der Waals surface area contributed by atoms with Gasteiger partial charge in [0.2, 0.25) is 0 Å². The summed E-state index contributed by atoms with van der Waals surface area (Å²) in [6, 6.07) is 3.12. The molecule has 1 aromatic carbocycles. The largest absolute Gasteiger partial charge is 0.395 e. The quantitative estimate of drug-likeness (QED) is 0.688. The van der Waals surface area contributed by atoms with Gasteiger partial charge in [-0.3, -0.25) is 4.55 Å². The van der Waals surface area contributed by atoms with Crippen molar-refractivity contribution < 1.29 is 18.1 Å². The van der Waals surface area contributed by atoms with Gasteiger partial charge in [-0.1, -0.05) is 0 Å². The van der Waals surface area contributed by atoms with E-state index in [0.29, 0.717) is 17.8 Å². The Kier molecular flexibility index (Phi) is 3.90. The first-order chi connectivity index (χ1) is 7.36. The van der Waals surface area contributed by atoms with Gasteiger partial charge in [-0.15, -0.1) is 0 Å². The number of aliphatic hydroxyl groups excluding tert-OH is 1. The van der Waals surface area contributed by atoms with Crippen molar-refractivity contribution in [1.29, 1.82) is 0 Å². The van der Waals surface area contributed by atoms with Crippen LogP contribution < -0.4 is 5.32 Å². The predicted octanol–water partition coefficient (Wildman–Crippen LogP) is 0.954. The molecule has 1 rings (SSSR count). The maximum Gasteiger partial charge on any atom is 0.294 e. The van der Waals surface area contributed by atoms with Gasteiger partial charge in [-0.25, -0.2) is 0 Å². The molecule has 0 aliphatic rings. The number of hydrogen-bond donors (Lipinski definition) is 3. The maximum absolute atomic E-state index is 11.1. The van der Waals surface area contributed by atoms with E-state index < -0.39 is 10.1 Å². The van der Waals surface area contributed by atoms with Gasteiger partial charge in [-0.05, 0) is 37.1 Å². The van der Waals surface area contributed by atoms with Crippen LogP contribution in [-0.4, -0.2) is 31.2 Å². The number of nitrogens with one attached hydrogen (secondary N) is 1. The summed E-state index contributed by atoms with van der Waals surface area (Å²) < 4.78 is 31.3. The van der Waals surface area contributed by atoms with E-state index in [1.807, 2.05) is 0 Å². The molecule has 0 fully saturated rings. The smallest absolute Gasteiger partial charge is 0.294 e. The maximum atomic E-state index is 11.1. The van der Waals surface area contributed by atoms with Crippen molar-refractivity contribution in [3.63, 3.8) is 0 Å². The van der Waals surface area contributed by atoms with E-state index in [9.17, 15) is 8.42 Å². The summed E-state index contributed by atoms with van der Waals surface area (Å²) in [4.78, 5) is -0.104. The van der Waals surface area contributed by atoms with Crippen molar-refractivity contribution in [3.05, 3.63) is 23.3 Å². The minimum Gasteiger partial charge on any atom is -0.395 e. The van der Waals surface area contributed by atoms with Gasteiger partial charge in [0.15, 0.2) is 0 Å². The van der Waals surface area contributed by atoms with Crippen LogP contribution >= 0.6 is 0 Å². The molecule has 0 saturated heterocycles. The molecule has 6 heteroatoms. The second-order valence-electron chi connectivity index (χ2n) is 3.54. The standard InChI is InChI=1S/C10H15NO4S/c1-7-5-9(11-3-4-12)6-10(8(7)2)16(13,14)15/h5-6,11-12H,3-4H2,1-2H3,(H,13,14,15). The monoisotopic (exact) mass is 245 g/mol. The highest BCUT2D eigenvalue weighted by Crippen LogP contribution is 2.23. The summed E-state index contributed by atoms with van der Waals surface area (Å²) in [6.45, 7) is 3.67. The minimum atomic E-state index is -4.21. The molecular formula is C10H15NO4S. The van der Waals surface area contributed by atoms with E-state index in [1.165, 1.54) is 6.07 Å². The molecule has 3 N–H and O–H groups in total. The van der Waals surface area contributed by atoms with Gasteiger partial charge in [-0.2, -0.15) is 8.42 Å². The van der Waals surface area contributed by atoms with Gasteiger partial charge >= 0.3 is 0 Å². The molecule has 90 valence electrons. The summed E-state index contributed by atoms with van der Waals surface area (Å²) >= 11 is 0. The van der Waals surface area contributed by atoms with Crippen LogP contribution in [0.25, 0.3) is 0 Å². The normalized spacial score (nSPS) is 11.5. The van der Waals surface area contributed by atoms with Gasteiger partial charge in [0.25, 0.3) is 10.1 Å². The minimum absolute atomic E-state index is 0.0475. The third-order valence-electron chi connectivity index (χ3n) is 2.34. The molecule has 0 radical (unpaired) electrons.